The van der Waals surface area contributed by atoms with E-state index in [-0.39, 0.29) is 17.3 Å². The Bertz CT molecular complexity index is 930. The standard InChI is InChI=1S/C20H26N4O3S2.ClH/c1-3-27-18-8-4-16(5-9-18)21-20(28)22-17-6-10-19(11-7-17)29(25,26)24-14-12-23(2)13-15-24;/h4-11H,3,12-15H2,1-2H3,(H2,21,22,28);1H. The predicted octanol–water partition coefficient (Wildman–Crippen LogP) is 3.25. The van der Waals surface area contributed by atoms with Crippen LogP contribution >= 0.6 is 24.6 Å². The van der Waals surface area contributed by atoms with Gasteiger partial charge in [0.05, 0.1) is 11.5 Å². The number of nitrogens with zero attached hydrogens (tertiary/aromatic N) is 2. The molecule has 2 aromatic rings. The highest BCUT2D eigenvalue weighted by Crippen LogP contribution is 2.20. The minimum absolute atomic E-state index is 0. The maximum Gasteiger partial charge on any atom is 0.243 e. The molecule has 1 heterocycles. The molecule has 0 aromatic heterocycles. The Labute approximate surface area is 189 Å². The fourth-order valence-corrected chi connectivity index (χ4v) is 4.64. The third-order valence-corrected chi connectivity index (χ3v) is 6.75. The molecule has 30 heavy (non-hydrogen) atoms. The number of anilines is 2. The summed E-state index contributed by atoms with van der Waals surface area (Å²) in [5.41, 5.74) is 1.55. The number of benzene rings is 2. The molecule has 2 aromatic carbocycles. The van der Waals surface area contributed by atoms with Gasteiger partial charge in [-0.25, -0.2) is 8.42 Å². The van der Waals surface area contributed by atoms with E-state index in [1.54, 1.807) is 24.3 Å². The average molecular weight is 471 g/mol. The summed E-state index contributed by atoms with van der Waals surface area (Å²) >= 11 is 5.34. The van der Waals surface area contributed by atoms with Gasteiger partial charge in [-0.3, -0.25) is 0 Å². The van der Waals surface area contributed by atoms with Gasteiger partial charge in [-0.15, -0.1) is 12.4 Å². The molecule has 0 saturated carbocycles. The quantitative estimate of drug-likeness (QED) is 0.627. The molecule has 0 aliphatic carbocycles. The molecular formula is C20H27ClN4O3S2. The largest absolute Gasteiger partial charge is 0.494 e. The molecule has 1 saturated heterocycles. The van der Waals surface area contributed by atoms with Crippen molar-refractivity contribution in [3.05, 3.63) is 48.5 Å². The van der Waals surface area contributed by atoms with Gasteiger partial charge in [-0.05, 0) is 74.7 Å². The molecule has 1 fully saturated rings. The molecule has 7 nitrogen and oxygen atoms in total. The Hall–Kier alpha value is -1.91. The van der Waals surface area contributed by atoms with Crippen LogP contribution in [0.1, 0.15) is 6.92 Å². The summed E-state index contributed by atoms with van der Waals surface area (Å²) < 4.78 is 32.5. The van der Waals surface area contributed by atoms with Gasteiger partial charge < -0.3 is 20.3 Å². The van der Waals surface area contributed by atoms with Gasteiger partial charge >= 0.3 is 0 Å². The molecule has 1 aliphatic heterocycles. The van der Waals surface area contributed by atoms with E-state index in [1.165, 1.54) is 4.31 Å². The molecule has 0 amide bonds. The highest BCUT2D eigenvalue weighted by molar-refractivity contribution is 7.89. The molecular weight excluding hydrogens is 444 g/mol. The summed E-state index contributed by atoms with van der Waals surface area (Å²) in [4.78, 5) is 2.41. The van der Waals surface area contributed by atoms with Crippen molar-refractivity contribution in [2.24, 2.45) is 0 Å². The van der Waals surface area contributed by atoms with Crippen LogP contribution in [0.4, 0.5) is 11.4 Å². The summed E-state index contributed by atoms with van der Waals surface area (Å²) in [6, 6.07) is 14.1. The molecule has 164 valence electrons. The van der Waals surface area contributed by atoms with Crippen LogP contribution in [0.15, 0.2) is 53.4 Å². The number of likely N-dealkylation sites (N-methyl/N-ethyl adjacent to an activating group) is 1. The Kier molecular flexibility index (Phi) is 8.87. The van der Waals surface area contributed by atoms with E-state index in [1.807, 2.05) is 38.2 Å². The van der Waals surface area contributed by atoms with Crippen LogP contribution in [-0.2, 0) is 10.0 Å². The monoisotopic (exact) mass is 470 g/mol. The molecule has 0 radical (unpaired) electrons. The average Bonchev–Trinajstić information content (AvgIpc) is 2.70. The number of hydrogen-bond acceptors (Lipinski definition) is 5. The van der Waals surface area contributed by atoms with Crippen molar-refractivity contribution in [2.75, 3.05) is 50.5 Å². The molecule has 3 rings (SSSR count). The summed E-state index contributed by atoms with van der Waals surface area (Å²) in [7, 11) is -1.47. The number of piperazine rings is 1. The van der Waals surface area contributed by atoms with Gasteiger partial charge in [-0.2, -0.15) is 4.31 Å². The van der Waals surface area contributed by atoms with Crippen LogP contribution in [-0.4, -0.2) is 62.6 Å². The van der Waals surface area contributed by atoms with Crippen molar-refractivity contribution in [1.82, 2.24) is 9.21 Å². The Morgan fingerprint density at radius 3 is 1.97 bits per heavy atom. The summed E-state index contributed by atoms with van der Waals surface area (Å²) in [6.45, 7) is 5.05. The SMILES string of the molecule is CCOc1ccc(NC(=S)Nc2ccc(S(=O)(=O)N3CCN(C)CC3)cc2)cc1.Cl. The van der Waals surface area contributed by atoms with Crippen LogP contribution in [0.3, 0.4) is 0 Å². The number of sulfonamides is 1. The number of ether oxygens (including phenoxy) is 1. The lowest BCUT2D eigenvalue weighted by molar-refractivity contribution is 0.222. The van der Waals surface area contributed by atoms with E-state index in [9.17, 15) is 8.42 Å². The Morgan fingerprint density at radius 1 is 0.967 bits per heavy atom. The molecule has 0 bridgehead atoms. The van der Waals surface area contributed by atoms with Crippen LogP contribution < -0.4 is 15.4 Å². The van der Waals surface area contributed by atoms with E-state index < -0.39 is 10.0 Å². The summed E-state index contributed by atoms with van der Waals surface area (Å²) in [5, 5.41) is 6.58. The highest BCUT2D eigenvalue weighted by atomic mass is 35.5. The maximum absolute atomic E-state index is 12.8. The number of nitrogens with one attached hydrogen (secondary N) is 2. The molecule has 0 unspecified atom stereocenters. The smallest absolute Gasteiger partial charge is 0.243 e. The minimum Gasteiger partial charge on any atom is -0.494 e. The zero-order valence-corrected chi connectivity index (χ0v) is 19.4. The zero-order valence-electron chi connectivity index (χ0n) is 17.0. The van der Waals surface area contributed by atoms with Crippen LogP contribution in [0.5, 0.6) is 5.75 Å². The van der Waals surface area contributed by atoms with E-state index in [0.717, 1.165) is 24.5 Å². The first-order valence-electron chi connectivity index (χ1n) is 9.48. The predicted molar refractivity (Wildman–Crippen MR) is 127 cm³/mol. The van der Waals surface area contributed by atoms with Crippen molar-refractivity contribution in [3.8, 4) is 5.75 Å². The van der Waals surface area contributed by atoms with Gasteiger partial charge in [0.1, 0.15) is 5.75 Å². The molecule has 10 heteroatoms. The molecule has 0 spiro atoms. The van der Waals surface area contributed by atoms with Gasteiger partial charge in [0, 0.05) is 37.6 Å². The zero-order chi connectivity index (χ0) is 20.9. The highest BCUT2D eigenvalue weighted by Gasteiger charge is 2.27. The van der Waals surface area contributed by atoms with Crippen LogP contribution in [0.2, 0.25) is 0 Å². The number of rotatable bonds is 6. The van der Waals surface area contributed by atoms with Gasteiger partial charge in [0.2, 0.25) is 10.0 Å². The van der Waals surface area contributed by atoms with Crippen molar-refractivity contribution in [1.29, 1.82) is 0 Å². The van der Waals surface area contributed by atoms with Gasteiger partial charge in [0.15, 0.2) is 5.11 Å². The maximum atomic E-state index is 12.8. The van der Waals surface area contributed by atoms with E-state index >= 15 is 0 Å². The van der Waals surface area contributed by atoms with Crippen molar-refractivity contribution >= 4 is 51.1 Å². The lowest BCUT2D eigenvalue weighted by Crippen LogP contribution is -2.46. The minimum atomic E-state index is -3.47. The number of hydrogen-bond donors (Lipinski definition) is 2. The second-order valence-electron chi connectivity index (χ2n) is 6.77. The van der Waals surface area contributed by atoms with Crippen LogP contribution in [0, 0.1) is 0 Å². The van der Waals surface area contributed by atoms with E-state index in [0.29, 0.717) is 30.5 Å². The van der Waals surface area contributed by atoms with Crippen molar-refractivity contribution in [2.45, 2.75) is 11.8 Å². The fraction of sp³-hybridized carbons (Fsp3) is 0.350. The first-order chi connectivity index (χ1) is 13.9. The topological polar surface area (TPSA) is 73.9 Å². The third-order valence-electron chi connectivity index (χ3n) is 4.64. The fourth-order valence-electron chi connectivity index (χ4n) is 2.98. The number of halogens is 1. The third kappa shape index (κ3) is 6.29. The van der Waals surface area contributed by atoms with Crippen molar-refractivity contribution in [3.63, 3.8) is 0 Å². The van der Waals surface area contributed by atoms with E-state index in [4.69, 9.17) is 17.0 Å². The first kappa shape index (κ1) is 24.4. The van der Waals surface area contributed by atoms with E-state index in [2.05, 4.69) is 15.5 Å². The second-order valence-corrected chi connectivity index (χ2v) is 9.11. The molecule has 0 atom stereocenters. The lowest BCUT2D eigenvalue weighted by Gasteiger charge is -2.31. The first-order valence-corrected chi connectivity index (χ1v) is 11.3. The number of thiocarbonyl (C=S) groups is 1. The van der Waals surface area contributed by atoms with Gasteiger partial charge in [0.25, 0.3) is 0 Å². The summed E-state index contributed by atoms with van der Waals surface area (Å²) in [5.74, 6) is 0.800. The van der Waals surface area contributed by atoms with Crippen molar-refractivity contribution < 1.29 is 13.2 Å². The Balaban J connectivity index is 0.00000320. The van der Waals surface area contributed by atoms with Crippen LogP contribution in [0.25, 0.3) is 0 Å². The molecule has 1 aliphatic rings. The molecule has 2 N–H and O–H groups in total. The summed E-state index contributed by atoms with van der Waals surface area (Å²) in [6.07, 6.45) is 0. The normalized spacial score (nSPS) is 15.1. The lowest BCUT2D eigenvalue weighted by atomic mass is 10.3. The second kappa shape index (κ2) is 10.9. The van der Waals surface area contributed by atoms with Gasteiger partial charge in [-0.1, -0.05) is 0 Å². The Morgan fingerprint density at radius 2 is 1.47 bits per heavy atom.